The molecule has 0 atom stereocenters. The molecule has 2 aromatic rings. The van der Waals surface area contributed by atoms with E-state index in [-0.39, 0.29) is 17.6 Å². The molecule has 3 rings (SSSR count). The number of piperidine rings is 1. The Bertz CT molecular complexity index is 922. The number of carbonyl (C=O) groups is 1. The Morgan fingerprint density at radius 2 is 1.85 bits per heavy atom. The molecule has 1 aliphatic heterocycles. The fourth-order valence-corrected chi connectivity index (χ4v) is 4.93. The van der Waals surface area contributed by atoms with E-state index in [1.54, 1.807) is 6.07 Å². The van der Waals surface area contributed by atoms with E-state index in [1.165, 1.54) is 22.5 Å². The minimum Gasteiger partial charge on any atom is -0.326 e. The van der Waals surface area contributed by atoms with Gasteiger partial charge in [0.2, 0.25) is 15.9 Å². The summed E-state index contributed by atoms with van der Waals surface area (Å²) < 4.78 is 40.1. The molecule has 144 valence electrons. The molecular formula is C20H23FN2O3S. The summed E-state index contributed by atoms with van der Waals surface area (Å²) in [5.41, 5.74) is 2.16. The standard InChI is InChI=1S/C20H23FN2O3S/c1-15-5-2-3-6-17(15)14-27(25,26)23-11-9-16(10-12-23)20(24)22-19-8-4-7-18(21)13-19/h2-8,13,16H,9-12,14H2,1H3,(H,22,24). The molecule has 27 heavy (non-hydrogen) atoms. The van der Waals surface area contributed by atoms with Crippen LogP contribution in [-0.2, 0) is 20.6 Å². The van der Waals surface area contributed by atoms with Gasteiger partial charge in [-0.3, -0.25) is 4.79 Å². The molecule has 1 N–H and O–H groups in total. The monoisotopic (exact) mass is 390 g/mol. The first kappa shape index (κ1) is 19.5. The van der Waals surface area contributed by atoms with Gasteiger partial charge in [-0.2, -0.15) is 0 Å². The molecule has 7 heteroatoms. The molecular weight excluding hydrogens is 367 g/mol. The number of aryl methyl sites for hydroxylation is 1. The zero-order valence-corrected chi connectivity index (χ0v) is 16.0. The van der Waals surface area contributed by atoms with E-state index in [2.05, 4.69) is 5.32 Å². The van der Waals surface area contributed by atoms with Crippen molar-refractivity contribution in [3.8, 4) is 0 Å². The summed E-state index contributed by atoms with van der Waals surface area (Å²) in [6.45, 7) is 2.53. The smallest absolute Gasteiger partial charge is 0.227 e. The third-order valence-corrected chi connectivity index (χ3v) is 6.74. The Morgan fingerprint density at radius 3 is 2.52 bits per heavy atom. The van der Waals surface area contributed by atoms with Crippen LogP contribution in [0.5, 0.6) is 0 Å². The first-order valence-electron chi connectivity index (χ1n) is 8.94. The molecule has 1 aliphatic rings. The summed E-state index contributed by atoms with van der Waals surface area (Å²) in [6, 6.07) is 13.2. The molecule has 1 saturated heterocycles. The van der Waals surface area contributed by atoms with Crippen molar-refractivity contribution in [2.45, 2.75) is 25.5 Å². The minimum atomic E-state index is -3.42. The molecule has 5 nitrogen and oxygen atoms in total. The van der Waals surface area contributed by atoms with Crippen LogP contribution in [0, 0.1) is 18.7 Å². The highest BCUT2D eigenvalue weighted by Crippen LogP contribution is 2.24. The number of nitrogens with one attached hydrogen (secondary N) is 1. The van der Waals surface area contributed by atoms with Gasteiger partial charge in [0.15, 0.2) is 0 Å². The molecule has 0 unspecified atom stereocenters. The van der Waals surface area contributed by atoms with Crippen LogP contribution in [0.3, 0.4) is 0 Å². The summed E-state index contributed by atoms with van der Waals surface area (Å²) in [5.74, 6) is -0.917. The van der Waals surface area contributed by atoms with Gasteiger partial charge in [-0.25, -0.2) is 17.1 Å². The maximum Gasteiger partial charge on any atom is 0.227 e. The van der Waals surface area contributed by atoms with Gasteiger partial charge < -0.3 is 5.32 Å². The number of anilines is 1. The van der Waals surface area contributed by atoms with Crippen LogP contribution in [0.4, 0.5) is 10.1 Å². The number of carbonyl (C=O) groups excluding carboxylic acids is 1. The maximum atomic E-state index is 13.2. The second-order valence-electron chi connectivity index (χ2n) is 6.86. The number of amides is 1. The molecule has 1 amide bonds. The normalized spacial score (nSPS) is 16.2. The molecule has 1 fully saturated rings. The van der Waals surface area contributed by atoms with Gasteiger partial charge in [0, 0.05) is 24.7 Å². The van der Waals surface area contributed by atoms with E-state index < -0.39 is 15.8 Å². The lowest BCUT2D eigenvalue weighted by Gasteiger charge is -2.30. The first-order chi connectivity index (χ1) is 12.8. The molecule has 0 aromatic heterocycles. The fourth-order valence-electron chi connectivity index (χ4n) is 3.27. The van der Waals surface area contributed by atoms with E-state index in [4.69, 9.17) is 0 Å². The molecule has 1 heterocycles. The SMILES string of the molecule is Cc1ccccc1CS(=O)(=O)N1CCC(C(=O)Nc2cccc(F)c2)CC1. The quantitative estimate of drug-likeness (QED) is 0.852. The van der Waals surface area contributed by atoms with Gasteiger partial charge in [0.25, 0.3) is 0 Å². The number of rotatable bonds is 5. The number of benzene rings is 2. The number of hydrogen-bond donors (Lipinski definition) is 1. The topological polar surface area (TPSA) is 66.5 Å². The third kappa shape index (κ3) is 4.93. The molecule has 0 bridgehead atoms. The first-order valence-corrected chi connectivity index (χ1v) is 10.5. The van der Waals surface area contributed by atoms with Crippen molar-refractivity contribution in [2.75, 3.05) is 18.4 Å². The summed E-state index contributed by atoms with van der Waals surface area (Å²) in [6.07, 6.45) is 0.905. The average molecular weight is 390 g/mol. The number of hydrogen-bond acceptors (Lipinski definition) is 3. The van der Waals surface area contributed by atoms with Crippen molar-refractivity contribution in [3.05, 3.63) is 65.5 Å². The summed E-state index contributed by atoms with van der Waals surface area (Å²) >= 11 is 0. The van der Waals surface area contributed by atoms with Gasteiger partial charge in [-0.05, 0) is 49.1 Å². The van der Waals surface area contributed by atoms with Crippen molar-refractivity contribution < 1.29 is 17.6 Å². The number of nitrogens with zero attached hydrogens (tertiary/aromatic N) is 1. The largest absolute Gasteiger partial charge is 0.326 e. The summed E-state index contributed by atoms with van der Waals surface area (Å²) in [5, 5.41) is 2.71. The lowest BCUT2D eigenvalue weighted by atomic mass is 9.97. The highest BCUT2D eigenvalue weighted by Gasteiger charge is 2.31. The molecule has 0 saturated carbocycles. The summed E-state index contributed by atoms with van der Waals surface area (Å²) in [7, 11) is -3.42. The summed E-state index contributed by atoms with van der Waals surface area (Å²) in [4.78, 5) is 12.4. The fraction of sp³-hybridized carbons (Fsp3) is 0.350. The third-order valence-electron chi connectivity index (χ3n) is 4.91. The van der Waals surface area contributed by atoms with E-state index >= 15 is 0 Å². The van der Waals surface area contributed by atoms with Gasteiger partial charge in [-0.15, -0.1) is 0 Å². The Kier molecular flexibility index (Phi) is 5.92. The predicted octanol–water partition coefficient (Wildman–Crippen LogP) is 3.31. The maximum absolute atomic E-state index is 13.2. The number of halogens is 1. The van der Waals surface area contributed by atoms with Crippen LogP contribution in [0.25, 0.3) is 0 Å². The Hall–Kier alpha value is -2.25. The second kappa shape index (κ2) is 8.19. The van der Waals surface area contributed by atoms with Crippen LogP contribution in [-0.4, -0.2) is 31.7 Å². The Morgan fingerprint density at radius 1 is 1.15 bits per heavy atom. The molecule has 2 aromatic carbocycles. The van der Waals surface area contributed by atoms with E-state index in [0.717, 1.165) is 11.1 Å². The van der Waals surface area contributed by atoms with Crippen LogP contribution in [0.15, 0.2) is 48.5 Å². The second-order valence-corrected chi connectivity index (χ2v) is 8.82. The highest BCUT2D eigenvalue weighted by atomic mass is 32.2. The van der Waals surface area contributed by atoms with Crippen molar-refractivity contribution in [1.29, 1.82) is 0 Å². The van der Waals surface area contributed by atoms with E-state index in [1.807, 2.05) is 31.2 Å². The van der Waals surface area contributed by atoms with Gasteiger partial charge in [0.1, 0.15) is 5.82 Å². The molecule has 0 radical (unpaired) electrons. The zero-order chi connectivity index (χ0) is 19.4. The van der Waals surface area contributed by atoms with Crippen LogP contribution < -0.4 is 5.32 Å². The lowest BCUT2D eigenvalue weighted by Crippen LogP contribution is -2.42. The lowest BCUT2D eigenvalue weighted by molar-refractivity contribution is -0.120. The van der Waals surface area contributed by atoms with Crippen molar-refractivity contribution in [3.63, 3.8) is 0 Å². The van der Waals surface area contributed by atoms with Gasteiger partial charge in [-0.1, -0.05) is 30.3 Å². The minimum absolute atomic E-state index is 0.0279. The predicted molar refractivity (Wildman–Crippen MR) is 103 cm³/mol. The van der Waals surface area contributed by atoms with Crippen LogP contribution in [0.2, 0.25) is 0 Å². The Labute approximate surface area is 159 Å². The van der Waals surface area contributed by atoms with Gasteiger partial charge in [0.05, 0.1) is 5.75 Å². The van der Waals surface area contributed by atoms with Crippen LogP contribution >= 0.6 is 0 Å². The average Bonchev–Trinajstić information content (AvgIpc) is 2.64. The molecule has 0 aliphatic carbocycles. The van der Waals surface area contributed by atoms with Crippen molar-refractivity contribution >= 4 is 21.6 Å². The van der Waals surface area contributed by atoms with Crippen LogP contribution in [0.1, 0.15) is 24.0 Å². The highest BCUT2D eigenvalue weighted by molar-refractivity contribution is 7.88. The van der Waals surface area contributed by atoms with Crippen molar-refractivity contribution in [1.82, 2.24) is 4.31 Å². The van der Waals surface area contributed by atoms with Crippen molar-refractivity contribution in [2.24, 2.45) is 5.92 Å². The van der Waals surface area contributed by atoms with E-state index in [0.29, 0.717) is 31.6 Å². The molecule has 0 spiro atoms. The van der Waals surface area contributed by atoms with Gasteiger partial charge >= 0.3 is 0 Å². The Balaban J connectivity index is 1.58. The zero-order valence-electron chi connectivity index (χ0n) is 15.2. The van der Waals surface area contributed by atoms with E-state index in [9.17, 15) is 17.6 Å². The number of sulfonamides is 1.